The zero-order chi connectivity index (χ0) is 21.6. The average Bonchev–Trinajstić information content (AvgIpc) is 3.53. The van der Waals surface area contributed by atoms with Gasteiger partial charge in [0, 0.05) is 34.9 Å². The van der Waals surface area contributed by atoms with Crippen LogP contribution in [0.2, 0.25) is 0 Å². The minimum Gasteiger partial charge on any atom is -0.472 e. The third-order valence-corrected chi connectivity index (χ3v) is 6.51. The Hall–Kier alpha value is -3.07. The van der Waals surface area contributed by atoms with Gasteiger partial charge in [-0.1, -0.05) is 6.07 Å². The number of aromatic nitrogens is 2. The highest BCUT2D eigenvalue weighted by Crippen LogP contribution is 2.37. The summed E-state index contributed by atoms with van der Waals surface area (Å²) in [4.78, 5) is 20.1. The first-order valence-corrected chi connectivity index (χ1v) is 10.7. The molecule has 1 saturated heterocycles. The molecule has 0 N–H and O–H groups in total. The monoisotopic (exact) mass is 445 g/mol. The molecule has 160 valence electrons. The lowest BCUT2D eigenvalue weighted by Crippen LogP contribution is -2.31. The summed E-state index contributed by atoms with van der Waals surface area (Å²) in [5.41, 5.74) is 0.161. The number of carbonyl (C=O) groups excluding carboxylic acids is 1. The maximum Gasteiger partial charge on any atom is 0.420 e. The minimum absolute atomic E-state index is 0.0305. The molecule has 5 nitrogen and oxygen atoms in total. The van der Waals surface area contributed by atoms with Gasteiger partial charge in [-0.25, -0.2) is 4.98 Å². The molecule has 9 heteroatoms. The van der Waals surface area contributed by atoms with E-state index in [2.05, 4.69) is 4.98 Å². The van der Waals surface area contributed by atoms with Gasteiger partial charge in [-0.2, -0.15) is 13.2 Å². The first-order chi connectivity index (χ1) is 14.9. The number of thiophene rings is 1. The van der Waals surface area contributed by atoms with Crippen molar-refractivity contribution in [3.05, 3.63) is 70.7 Å². The van der Waals surface area contributed by atoms with E-state index in [9.17, 15) is 18.0 Å². The number of furan rings is 1. The highest BCUT2D eigenvalue weighted by atomic mass is 32.1. The van der Waals surface area contributed by atoms with Gasteiger partial charge in [-0.15, -0.1) is 11.3 Å². The van der Waals surface area contributed by atoms with Crippen LogP contribution in [-0.4, -0.2) is 26.7 Å². The van der Waals surface area contributed by atoms with Gasteiger partial charge in [0.1, 0.15) is 5.65 Å². The molecule has 1 aliphatic heterocycles. The first kappa shape index (κ1) is 19.9. The molecule has 4 aromatic heterocycles. The SMILES string of the molecule is O=C(Cc1cn2cc(-c3ccoc3)cc(C(F)(F)F)c2n1)N1CCCC1c1cccs1. The summed E-state index contributed by atoms with van der Waals surface area (Å²) < 4.78 is 47.5. The van der Waals surface area contributed by atoms with Crippen LogP contribution in [0.1, 0.15) is 35.0 Å². The number of fused-ring (bicyclic) bond motifs is 1. The fourth-order valence-electron chi connectivity index (χ4n) is 4.13. The maximum atomic E-state index is 13.7. The number of imidazole rings is 1. The summed E-state index contributed by atoms with van der Waals surface area (Å²) in [6.45, 7) is 0.646. The molecule has 0 saturated carbocycles. The topological polar surface area (TPSA) is 50.8 Å². The smallest absolute Gasteiger partial charge is 0.420 e. The van der Waals surface area contributed by atoms with E-state index in [0.29, 0.717) is 23.4 Å². The van der Waals surface area contributed by atoms with E-state index in [4.69, 9.17) is 4.42 Å². The highest BCUT2D eigenvalue weighted by Gasteiger charge is 2.35. The Kier molecular flexibility index (Phi) is 4.85. The molecular formula is C22H18F3N3O2S. The van der Waals surface area contributed by atoms with E-state index in [1.165, 1.54) is 23.1 Å². The summed E-state index contributed by atoms with van der Waals surface area (Å²) in [5.74, 6) is -0.122. The zero-order valence-electron chi connectivity index (χ0n) is 16.3. The third kappa shape index (κ3) is 3.74. The Balaban J connectivity index is 1.47. The summed E-state index contributed by atoms with van der Waals surface area (Å²) in [5, 5.41) is 1.98. The molecule has 1 amide bonds. The van der Waals surface area contributed by atoms with Crippen molar-refractivity contribution in [1.29, 1.82) is 0 Å². The number of carbonyl (C=O) groups is 1. The lowest BCUT2D eigenvalue weighted by atomic mass is 10.1. The van der Waals surface area contributed by atoms with Crippen molar-refractivity contribution in [2.75, 3.05) is 6.54 Å². The van der Waals surface area contributed by atoms with E-state index in [1.807, 2.05) is 22.4 Å². The van der Waals surface area contributed by atoms with Crippen molar-refractivity contribution in [3.63, 3.8) is 0 Å². The Bertz CT molecular complexity index is 1210. The second-order valence-electron chi connectivity index (χ2n) is 7.55. The summed E-state index contributed by atoms with van der Waals surface area (Å²) in [7, 11) is 0. The molecule has 4 aromatic rings. The third-order valence-electron chi connectivity index (χ3n) is 5.54. The van der Waals surface area contributed by atoms with Crippen LogP contribution in [-0.2, 0) is 17.4 Å². The summed E-state index contributed by atoms with van der Waals surface area (Å²) in [6, 6.07) is 6.66. The van der Waals surface area contributed by atoms with Gasteiger partial charge in [0.25, 0.3) is 0 Å². The maximum absolute atomic E-state index is 13.7. The molecule has 1 atom stereocenters. The Morgan fingerprint density at radius 2 is 2.13 bits per heavy atom. The first-order valence-electron chi connectivity index (χ1n) is 9.84. The number of pyridine rings is 1. The average molecular weight is 445 g/mol. The lowest BCUT2D eigenvalue weighted by Gasteiger charge is -2.23. The second-order valence-corrected chi connectivity index (χ2v) is 8.53. The number of rotatable bonds is 4. The van der Waals surface area contributed by atoms with Gasteiger partial charge in [0.2, 0.25) is 5.91 Å². The second kappa shape index (κ2) is 7.56. The molecule has 0 radical (unpaired) electrons. The van der Waals surface area contributed by atoms with Gasteiger partial charge < -0.3 is 13.7 Å². The summed E-state index contributed by atoms with van der Waals surface area (Å²) in [6.07, 6.45) is 3.05. The van der Waals surface area contributed by atoms with Gasteiger partial charge in [-0.3, -0.25) is 4.79 Å². The predicted octanol–water partition coefficient (Wildman–Crippen LogP) is 5.58. The highest BCUT2D eigenvalue weighted by molar-refractivity contribution is 7.10. The van der Waals surface area contributed by atoms with Crippen molar-refractivity contribution < 1.29 is 22.4 Å². The minimum atomic E-state index is -4.58. The molecule has 31 heavy (non-hydrogen) atoms. The van der Waals surface area contributed by atoms with Crippen molar-refractivity contribution >= 4 is 22.9 Å². The fourth-order valence-corrected chi connectivity index (χ4v) is 5.00. The Morgan fingerprint density at radius 3 is 2.84 bits per heavy atom. The normalized spacial score (nSPS) is 17.0. The number of amides is 1. The quantitative estimate of drug-likeness (QED) is 0.412. The van der Waals surface area contributed by atoms with Crippen LogP contribution >= 0.6 is 11.3 Å². The van der Waals surface area contributed by atoms with Gasteiger partial charge in [0.15, 0.2) is 0 Å². The van der Waals surface area contributed by atoms with Crippen LogP contribution < -0.4 is 0 Å². The van der Waals surface area contributed by atoms with Gasteiger partial charge >= 0.3 is 6.18 Å². The van der Waals surface area contributed by atoms with Crippen molar-refractivity contribution in [3.8, 4) is 11.1 Å². The standard InChI is InChI=1S/C22H18F3N3O2S/c23-22(24,25)17-9-15(14-5-7-30-13-14)11-27-12-16(26-21(17)27)10-20(29)28-6-1-3-18(28)19-4-2-8-31-19/h2,4-5,7-9,11-13,18H,1,3,6,10H2. The van der Waals surface area contributed by atoms with Crippen LogP contribution in [0.15, 0.2) is 59.0 Å². The number of hydrogen-bond donors (Lipinski definition) is 0. The Labute approximate surface area is 179 Å². The van der Waals surface area contributed by atoms with Crippen molar-refractivity contribution in [2.24, 2.45) is 0 Å². The number of halogens is 3. The van der Waals surface area contributed by atoms with E-state index in [0.717, 1.165) is 23.8 Å². The van der Waals surface area contributed by atoms with Gasteiger partial charge in [-0.05, 0) is 36.4 Å². The lowest BCUT2D eigenvalue weighted by molar-refractivity contribution is -0.136. The number of hydrogen-bond acceptors (Lipinski definition) is 4. The van der Waals surface area contributed by atoms with Crippen LogP contribution in [0.3, 0.4) is 0 Å². The molecule has 1 fully saturated rings. The molecule has 0 spiro atoms. The zero-order valence-corrected chi connectivity index (χ0v) is 17.1. The van der Waals surface area contributed by atoms with Crippen LogP contribution in [0.25, 0.3) is 16.8 Å². The molecular weight excluding hydrogens is 427 g/mol. The van der Waals surface area contributed by atoms with E-state index in [-0.39, 0.29) is 24.0 Å². The largest absolute Gasteiger partial charge is 0.472 e. The van der Waals surface area contributed by atoms with Crippen LogP contribution in [0.5, 0.6) is 0 Å². The molecule has 5 heterocycles. The van der Waals surface area contributed by atoms with E-state index >= 15 is 0 Å². The molecule has 0 bridgehead atoms. The predicted molar refractivity (Wildman–Crippen MR) is 110 cm³/mol. The number of alkyl halides is 3. The molecule has 0 aliphatic carbocycles. The van der Waals surface area contributed by atoms with Crippen molar-refractivity contribution in [1.82, 2.24) is 14.3 Å². The van der Waals surface area contributed by atoms with E-state index < -0.39 is 11.7 Å². The molecule has 5 rings (SSSR count). The van der Waals surface area contributed by atoms with Gasteiger partial charge in [0.05, 0.1) is 36.2 Å². The summed E-state index contributed by atoms with van der Waals surface area (Å²) >= 11 is 1.61. The molecule has 0 aromatic carbocycles. The Morgan fingerprint density at radius 1 is 1.26 bits per heavy atom. The molecule has 1 aliphatic rings. The van der Waals surface area contributed by atoms with Crippen LogP contribution in [0.4, 0.5) is 13.2 Å². The number of likely N-dealkylation sites (tertiary alicyclic amines) is 1. The van der Waals surface area contributed by atoms with E-state index in [1.54, 1.807) is 23.6 Å². The fraction of sp³-hybridized carbons (Fsp3) is 0.273. The van der Waals surface area contributed by atoms with Crippen molar-refractivity contribution in [2.45, 2.75) is 31.5 Å². The van der Waals surface area contributed by atoms with Crippen LogP contribution in [0, 0.1) is 0 Å². The number of nitrogens with zero attached hydrogens (tertiary/aromatic N) is 3. The molecule has 1 unspecified atom stereocenters.